The number of aromatic nitrogens is 3. The summed E-state index contributed by atoms with van der Waals surface area (Å²) in [6.45, 7) is 7.53. The molecule has 0 bridgehead atoms. The number of nitrogens with one attached hydrogen (secondary N) is 1. The Bertz CT molecular complexity index is 986. The third kappa shape index (κ3) is 3.61. The molecule has 3 aromatic rings. The number of hydrogen-bond donors (Lipinski definition) is 1. The SMILES string of the molecule is Cc1nn(-c2ccc(F)cc2)c2nc(N3CCC(NC(=O)C(C)C)CC3)sc12. The highest BCUT2D eigenvalue weighted by atomic mass is 32.1. The number of halogens is 1. The summed E-state index contributed by atoms with van der Waals surface area (Å²) in [6, 6.07) is 6.52. The number of carbonyl (C=O) groups excluding carboxylic acids is 1. The van der Waals surface area contributed by atoms with E-state index in [2.05, 4.69) is 15.3 Å². The highest BCUT2D eigenvalue weighted by molar-refractivity contribution is 7.22. The quantitative estimate of drug-likeness (QED) is 0.725. The summed E-state index contributed by atoms with van der Waals surface area (Å²) in [6.07, 6.45) is 1.83. The summed E-state index contributed by atoms with van der Waals surface area (Å²) < 4.78 is 16.1. The predicted molar refractivity (Wildman–Crippen MR) is 110 cm³/mol. The Balaban J connectivity index is 1.52. The molecule has 0 aliphatic carbocycles. The third-order valence-electron chi connectivity index (χ3n) is 5.08. The monoisotopic (exact) mass is 401 g/mol. The molecule has 1 fully saturated rings. The van der Waals surface area contributed by atoms with Crippen molar-refractivity contribution in [2.75, 3.05) is 18.0 Å². The van der Waals surface area contributed by atoms with Crippen LogP contribution in [-0.4, -0.2) is 39.8 Å². The zero-order chi connectivity index (χ0) is 19.8. The van der Waals surface area contributed by atoms with E-state index in [4.69, 9.17) is 4.98 Å². The maximum Gasteiger partial charge on any atom is 0.222 e. The minimum Gasteiger partial charge on any atom is -0.353 e. The van der Waals surface area contributed by atoms with Gasteiger partial charge in [0.15, 0.2) is 10.8 Å². The van der Waals surface area contributed by atoms with E-state index in [1.807, 2.05) is 20.8 Å². The van der Waals surface area contributed by atoms with E-state index in [0.29, 0.717) is 0 Å². The number of fused-ring (bicyclic) bond motifs is 1. The first-order valence-electron chi connectivity index (χ1n) is 9.60. The molecule has 3 heterocycles. The molecule has 1 amide bonds. The van der Waals surface area contributed by atoms with E-state index in [0.717, 1.165) is 52.8 Å². The molecular formula is C20H24FN5OS. The molecule has 6 nitrogen and oxygen atoms in total. The van der Waals surface area contributed by atoms with Gasteiger partial charge in [0.2, 0.25) is 5.91 Å². The highest BCUT2D eigenvalue weighted by Gasteiger charge is 2.25. The second-order valence-electron chi connectivity index (χ2n) is 7.55. The van der Waals surface area contributed by atoms with Crippen molar-refractivity contribution in [1.82, 2.24) is 20.1 Å². The molecule has 1 saturated heterocycles. The van der Waals surface area contributed by atoms with Gasteiger partial charge in [-0.1, -0.05) is 25.2 Å². The van der Waals surface area contributed by atoms with E-state index in [1.54, 1.807) is 28.2 Å². The zero-order valence-corrected chi connectivity index (χ0v) is 17.1. The number of nitrogens with zero attached hydrogens (tertiary/aromatic N) is 4. The summed E-state index contributed by atoms with van der Waals surface area (Å²) in [5.74, 6) is -0.136. The van der Waals surface area contributed by atoms with E-state index in [9.17, 15) is 9.18 Å². The fourth-order valence-corrected chi connectivity index (χ4v) is 4.44. The van der Waals surface area contributed by atoms with Crippen molar-refractivity contribution < 1.29 is 9.18 Å². The number of piperidine rings is 1. The molecule has 148 valence electrons. The van der Waals surface area contributed by atoms with Crippen LogP contribution in [0.1, 0.15) is 32.4 Å². The Morgan fingerprint density at radius 3 is 2.57 bits per heavy atom. The molecule has 0 spiro atoms. The van der Waals surface area contributed by atoms with Crippen molar-refractivity contribution in [3.8, 4) is 5.69 Å². The lowest BCUT2D eigenvalue weighted by Gasteiger charge is -2.32. The van der Waals surface area contributed by atoms with Gasteiger partial charge in [-0.15, -0.1) is 0 Å². The van der Waals surface area contributed by atoms with Crippen LogP contribution in [0, 0.1) is 18.7 Å². The van der Waals surface area contributed by atoms with E-state index >= 15 is 0 Å². The van der Waals surface area contributed by atoms with Gasteiger partial charge in [0.25, 0.3) is 0 Å². The highest BCUT2D eigenvalue weighted by Crippen LogP contribution is 2.33. The zero-order valence-electron chi connectivity index (χ0n) is 16.3. The van der Waals surface area contributed by atoms with Crippen LogP contribution in [0.25, 0.3) is 16.0 Å². The third-order valence-corrected chi connectivity index (χ3v) is 6.30. The molecule has 4 rings (SSSR count). The first-order chi connectivity index (χ1) is 13.4. The van der Waals surface area contributed by atoms with Crippen LogP contribution in [0.4, 0.5) is 9.52 Å². The average Bonchev–Trinajstić information content (AvgIpc) is 3.24. The van der Waals surface area contributed by atoms with Crippen molar-refractivity contribution in [1.29, 1.82) is 0 Å². The van der Waals surface area contributed by atoms with Crippen molar-refractivity contribution in [3.63, 3.8) is 0 Å². The average molecular weight is 402 g/mol. The number of aryl methyl sites for hydroxylation is 1. The van der Waals surface area contributed by atoms with Gasteiger partial charge in [-0.3, -0.25) is 4.79 Å². The van der Waals surface area contributed by atoms with Gasteiger partial charge in [-0.2, -0.15) is 10.1 Å². The molecule has 0 unspecified atom stereocenters. The number of amides is 1. The number of anilines is 1. The maximum absolute atomic E-state index is 13.2. The molecular weight excluding hydrogens is 377 g/mol. The van der Waals surface area contributed by atoms with Crippen LogP contribution >= 0.6 is 11.3 Å². The molecule has 28 heavy (non-hydrogen) atoms. The summed E-state index contributed by atoms with van der Waals surface area (Å²) in [4.78, 5) is 19.0. The van der Waals surface area contributed by atoms with Gasteiger partial charge in [-0.05, 0) is 44.0 Å². The Kier molecular flexibility index (Phi) is 5.05. The fraction of sp³-hybridized carbons (Fsp3) is 0.450. The lowest BCUT2D eigenvalue weighted by atomic mass is 10.0. The second kappa shape index (κ2) is 7.50. The Labute approximate surface area is 167 Å². The fourth-order valence-electron chi connectivity index (χ4n) is 3.40. The summed E-state index contributed by atoms with van der Waals surface area (Å²) in [5, 5.41) is 8.67. The van der Waals surface area contributed by atoms with E-state index < -0.39 is 0 Å². The normalized spacial score (nSPS) is 15.5. The van der Waals surface area contributed by atoms with Crippen LogP contribution in [-0.2, 0) is 4.79 Å². The number of carbonyl (C=O) groups is 1. The van der Waals surface area contributed by atoms with Crippen molar-refractivity contribution in [2.24, 2.45) is 5.92 Å². The summed E-state index contributed by atoms with van der Waals surface area (Å²) in [7, 11) is 0. The van der Waals surface area contributed by atoms with Gasteiger partial charge in [0.05, 0.1) is 16.1 Å². The van der Waals surface area contributed by atoms with Crippen LogP contribution in [0.2, 0.25) is 0 Å². The smallest absolute Gasteiger partial charge is 0.222 e. The first-order valence-corrected chi connectivity index (χ1v) is 10.4. The lowest BCUT2D eigenvalue weighted by molar-refractivity contribution is -0.124. The molecule has 1 N–H and O–H groups in total. The molecule has 2 aromatic heterocycles. The maximum atomic E-state index is 13.2. The Hall–Kier alpha value is -2.48. The topological polar surface area (TPSA) is 63.1 Å². The molecule has 0 saturated carbocycles. The number of hydrogen-bond acceptors (Lipinski definition) is 5. The van der Waals surface area contributed by atoms with Crippen LogP contribution in [0.15, 0.2) is 24.3 Å². The van der Waals surface area contributed by atoms with Crippen molar-refractivity contribution >= 4 is 32.7 Å². The minimum absolute atomic E-state index is 0.0136. The number of thiazole rings is 1. The van der Waals surface area contributed by atoms with Gasteiger partial charge in [0, 0.05) is 25.0 Å². The van der Waals surface area contributed by atoms with Crippen molar-refractivity contribution in [3.05, 3.63) is 35.8 Å². The summed E-state index contributed by atoms with van der Waals surface area (Å²) in [5.41, 5.74) is 2.52. The number of benzene rings is 1. The Morgan fingerprint density at radius 2 is 1.93 bits per heavy atom. The molecule has 1 aliphatic heterocycles. The van der Waals surface area contributed by atoms with E-state index in [-0.39, 0.29) is 23.7 Å². The van der Waals surface area contributed by atoms with Crippen LogP contribution in [0.5, 0.6) is 0 Å². The molecule has 0 radical (unpaired) electrons. The van der Waals surface area contributed by atoms with E-state index in [1.165, 1.54) is 12.1 Å². The molecule has 1 aliphatic rings. The van der Waals surface area contributed by atoms with Crippen molar-refractivity contribution in [2.45, 2.75) is 39.7 Å². The van der Waals surface area contributed by atoms with Gasteiger partial charge in [-0.25, -0.2) is 9.07 Å². The predicted octanol–water partition coefficient (Wildman–Crippen LogP) is 3.67. The largest absolute Gasteiger partial charge is 0.353 e. The number of rotatable bonds is 4. The van der Waals surface area contributed by atoms with Gasteiger partial charge >= 0.3 is 0 Å². The van der Waals surface area contributed by atoms with Gasteiger partial charge < -0.3 is 10.2 Å². The first kappa shape index (κ1) is 18.9. The minimum atomic E-state index is -0.268. The summed E-state index contributed by atoms with van der Waals surface area (Å²) >= 11 is 1.64. The molecule has 8 heteroatoms. The van der Waals surface area contributed by atoms with Gasteiger partial charge in [0.1, 0.15) is 5.82 Å². The second-order valence-corrected chi connectivity index (χ2v) is 8.52. The van der Waals surface area contributed by atoms with Crippen LogP contribution in [0.3, 0.4) is 0 Å². The standard InChI is InChI=1S/C20H24FN5OS/c1-12(2)19(27)22-15-8-10-25(11-9-15)20-23-18-17(28-20)13(3)24-26(18)16-6-4-14(21)5-7-16/h4-7,12,15H,8-11H2,1-3H3,(H,22,27). The molecule has 0 atom stereocenters. The van der Waals surface area contributed by atoms with Crippen LogP contribution < -0.4 is 10.2 Å². The lowest BCUT2D eigenvalue weighted by Crippen LogP contribution is -2.45. The molecule has 1 aromatic carbocycles. The Morgan fingerprint density at radius 1 is 1.25 bits per heavy atom.